The maximum Gasteiger partial charge on any atom is 0.228 e. The van der Waals surface area contributed by atoms with Gasteiger partial charge in [-0.15, -0.1) is 24.8 Å². The Morgan fingerprint density at radius 2 is 1.80 bits per heavy atom. The maximum absolute atomic E-state index is 12.9. The molecule has 6 nitrogen and oxygen atoms in total. The van der Waals surface area contributed by atoms with Gasteiger partial charge in [0, 0.05) is 51.0 Å². The minimum Gasteiger partial charge on any atom is -0.341 e. The molecule has 2 N–H and O–H groups in total. The smallest absolute Gasteiger partial charge is 0.228 e. The molecule has 140 valence electrons. The fourth-order valence-corrected chi connectivity index (χ4v) is 3.50. The molecule has 2 aliphatic heterocycles. The summed E-state index contributed by atoms with van der Waals surface area (Å²) >= 11 is 0. The van der Waals surface area contributed by atoms with Crippen molar-refractivity contribution in [2.75, 3.05) is 13.1 Å². The van der Waals surface area contributed by atoms with Crippen LogP contribution in [0.25, 0.3) is 0 Å². The average Bonchev–Trinajstić information content (AvgIpc) is 2.81. The molecule has 3 heterocycles. The number of fused-ring (bicyclic) bond motifs is 1. The molecule has 0 unspecified atom stereocenters. The Morgan fingerprint density at radius 3 is 2.48 bits per heavy atom. The summed E-state index contributed by atoms with van der Waals surface area (Å²) in [5.74, 6) is -0.0419. The van der Waals surface area contributed by atoms with Crippen LogP contribution in [0.15, 0.2) is 12.3 Å². The Bertz CT molecular complexity index is 641. The molecule has 2 atom stereocenters. The summed E-state index contributed by atoms with van der Waals surface area (Å²) in [6.07, 6.45) is 3.39. The second-order valence-corrected chi connectivity index (χ2v) is 6.75. The van der Waals surface area contributed by atoms with Crippen LogP contribution in [-0.4, -0.2) is 45.7 Å². The van der Waals surface area contributed by atoms with Gasteiger partial charge in [-0.05, 0) is 37.0 Å². The molecule has 0 aliphatic carbocycles. The van der Waals surface area contributed by atoms with Gasteiger partial charge in [0.25, 0.3) is 0 Å². The van der Waals surface area contributed by atoms with Gasteiger partial charge < -0.3 is 15.5 Å². The summed E-state index contributed by atoms with van der Waals surface area (Å²) in [6, 6.07) is 2.01. The molecule has 0 saturated carbocycles. The number of aryl methyl sites for hydroxylation is 1. The quantitative estimate of drug-likeness (QED) is 0.793. The molecule has 0 aromatic carbocycles. The lowest BCUT2D eigenvalue weighted by Gasteiger charge is -2.26. The van der Waals surface area contributed by atoms with E-state index in [1.165, 1.54) is 5.56 Å². The van der Waals surface area contributed by atoms with Gasteiger partial charge in [0.05, 0.1) is 5.92 Å². The molecule has 1 fully saturated rings. The number of hydrogen-bond acceptors (Lipinski definition) is 4. The number of amides is 2. The fraction of sp³-hybridized carbons (Fsp3) is 0.588. The predicted octanol–water partition coefficient (Wildman–Crippen LogP) is 1.66. The van der Waals surface area contributed by atoms with Gasteiger partial charge in [0.2, 0.25) is 11.8 Å². The normalized spacial score (nSPS) is 22.4. The highest BCUT2D eigenvalue weighted by molar-refractivity contribution is 5.85. The molecular formula is C17H26Cl2N4O2. The zero-order chi connectivity index (χ0) is 16.6. The van der Waals surface area contributed by atoms with Gasteiger partial charge >= 0.3 is 0 Å². The molecule has 2 amide bonds. The van der Waals surface area contributed by atoms with Crippen LogP contribution in [0.4, 0.5) is 0 Å². The molecule has 1 aromatic heterocycles. The lowest BCUT2D eigenvalue weighted by molar-refractivity contribution is -0.138. The van der Waals surface area contributed by atoms with Crippen molar-refractivity contribution in [3.05, 3.63) is 29.1 Å². The number of pyridine rings is 1. The Balaban J connectivity index is 0.00000156. The predicted molar refractivity (Wildman–Crippen MR) is 101 cm³/mol. The van der Waals surface area contributed by atoms with Gasteiger partial charge in [0.1, 0.15) is 0 Å². The highest BCUT2D eigenvalue weighted by atomic mass is 35.5. The SMILES string of the molecule is CC(=O)N1C[C@@H](N)CC[C@@H](C(=O)N2Cc3cnc(C)cc3C2)C1.Cl.Cl. The summed E-state index contributed by atoms with van der Waals surface area (Å²) in [6.45, 7) is 5.78. The minimum absolute atomic E-state index is 0. The van der Waals surface area contributed by atoms with Crippen LogP contribution in [0.2, 0.25) is 0 Å². The Labute approximate surface area is 161 Å². The highest BCUT2D eigenvalue weighted by Gasteiger charge is 2.33. The van der Waals surface area contributed by atoms with Crippen LogP contribution in [0.5, 0.6) is 0 Å². The van der Waals surface area contributed by atoms with Gasteiger partial charge in [-0.3, -0.25) is 14.6 Å². The zero-order valence-corrected chi connectivity index (χ0v) is 16.2. The summed E-state index contributed by atoms with van der Waals surface area (Å²) in [5, 5.41) is 0. The van der Waals surface area contributed by atoms with Crippen molar-refractivity contribution in [2.24, 2.45) is 11.7 Å². The van der Waals surface area contributed by atoms with E-state index in [-0.39, 0.29) is 48.6 Å². The molecular weight excluding hydrogens is 363 g/mol. The van der Waals surface area contributed by atoms with E-state index < -0.39 is 0 Å². The first-order chi connectivity index (χ1) is 10.9. The van der Waals surface area contributed by atoms with Crippen LogP contribution in [-0.2, 0) is 22.7 Å². The number of nitrogens with zero attached hydrogens (tertiary/aromatic N) is 3. The summed E-state index contributed by atoms with van der Waals surface area (Å²) in [5.41, 5.74) is 9.31. The third-order valence-corrected chi connectivity index (χ3v) is 4.83. The first-order valence-electron chi connectivity index (χ1n) is 8.18. The number of carbonyl (C=O) groups is 2. The fourth-order valence-electron chi connectivity index (χ4n) is 3.50. The number of rotatable bonds is 1. The third kappa shape index (κ3) is 4.84. The molecule has 25 heavy (non-hydrogen) atoms. The molecule has 0 radical (unpaired) electrons. The number of aromatic nitrogens is 1. The number of carbonyl (C=O) groups excluding carboxylic acids is 2. The van der Waals surface area contributed by atoms with Gasteiger partial charge in [-0.1, -0.05) is 0 Å². The van der Waals surface area contributed by atoms with Crippen molar-refractivity contribution < 1.29 is 9.59 Å². The van der Waals surface area contributed by atoms with E-state index >= 15 is 0 Å². The van der Waals surface area contributed by atoms with E-state index in [9.17, 15) is 9.59 Å². The molecule has 0 spiro atoms. The second-order valence-electron chi connectivity index (χ2n) is 6.75. The summed E-state index contributed by atoms with van der Waals surface area (Å²) in [7, 11) is 0. The molecule has 2 aliphatic rings. The van der Waals surface area contributed by atoms with Crippen LogP contribution in [0.3, 0.4) is 0 Å². The van der Waals surface area contributed by atoms with Crippen LogP contribution in [0, 0.1) is 12.8 Å². The van der Waals surface area contributed by atoms with Crippen LogP contribution < -0.4 is 5.73 Å². The van der Waals surface area contributed by atoms with Gasteiger partial charge in [-0.25, -0.2) is 0 Å². The monoisotopic (exact) mass is 388 g/mol. The van der Waals surface area contributed by atoms with E-state index in [2.05, 4.69) is 4.98 Å². The molecule has 0 bridgehead atoms. The van der Waals surface area contributed by atoms with Crippen LogP contribution >= 0.6 is 24.8 Å². The van der Waals surface area contributed by atoms with Gasteiger partial charge in [-0.2, -0.15) is 0 Å². The standard InChI is InChI=1S/C17H24N4O2.2ClH/c1-11-5-14-8-21(9-15(14)6-19-11)17(23)13-3-4-16(18)10-20(7-13)12(2)22;;/h5-6,13,16H,3-4,7-10,18H2,1-2H3;2*1H/t13-,16+;;/m1../s1. The minimum atomic E-state index is -0.157. The Morgan fingerprint density at radius 1 is 1.12 bits per heavy atom. The Kier molecular flexibility index (Phi) is 7.65. The molecule has 1 saturated heterocycles. The third-order valence-electron chi connectivity index (χ3n) is 4.83. The first-order valence-corrected chi connectivity index (χ1v) is 8.18. The maximum atomic E-state index is 12.9. The number of likely N-dealkylation sites (tertiary alicyclic amines) is 1. The topological polar surface area (TPSA) is 79.5 Å². The van der Waals surface area contributed by atoms with E-state index in [1.54, 1.807) is 11.8 Å². The summed E-state index contributed by atoms with van der Waals surface area (Å²) < 4.78 is 0. The number of hydrogen-bond donors (Lipinski definition) is 1. The van der Waals surface area contributed by atoms with E-state index in [4.69, 9.17) is 5.73 Å². The zero-order valence-electron chi connectivity index (χ0n) is 14.6. The lowest BCUT2D eigenvalue weighted by Crippen LogP contribution is -2.42. The van der Waals surface area contributed by atoms with Crippen molar-refractivity contribution in [1.29, 1.82) is 0 Å². The van der Waals surface area contributed by atoms with Gasteiger partial charge in [0.15, 0.2) is 0 Å². The number of nitrogens with two attached hydrogens (primary N) is 1. The molecule has 3 rings (SSSR count). The highest BCUT2D eigenvalue weighted by Crippen LogP contribution is 2.26. The van der Waals surface area contributed by atoms with Crippen molar-refractivity contribution >= 4 is 36.6 Å². The molecule has 1 aromatic rings. The Hall–Kier alpha value is -1.37. The van der Waals surface area contributed by atoms with Crippen molar-refractivity contribution in [1.82, 2.24) is 14.8 Å². The van der Waals surface area contributed by atoms with Crippen molar-refractivity contribution in [3.8, 4) is 0 Å². The largest absolute Gasteiger partial charge is 0.341 e. The van der Waals surface area contributed by atoms with E-state index in [0.29, 0.717) is 26.2 Å². The van der Waals surface area contributed by atoms with Crippen molar-refractivity contribution in [2.45, 2.75) is 45.8 Å². The number of halogens is 2. The lowest BCUT2D eigenvalue weighted by atomic mass is 10.0. The summed E-state index contributed by atoms with van der Waals surface area (Å²) in [4.78, 5) is 32.6. The second kappa shape index (κ2) is 8.83. The van der Waals surface area contributed by atoms with E-state index in [1.807, 2.05) is 24.1 Å². The van der Waals surface area contributed by atoms with Crippen LogP contribution in [0.1, 0.15) is 36.6 Å². The first kappa shape index (κ1) is 21.7. The van der Waals surface area contributed by atoms with Crippen molar-refractivity contribution in [3.63, 3.8) is 0 Å². The average molecular weight is 389 g/mol. The van der Waals surface area contributed by atoms with E-state index in [0.717, 1.165) is 24.1 Å². The molecule has 8 heteroatoms.